The van der Waals surface area contributed by atoms with Crippen LogP contribution in [0, 0.1) is 11.4 Å². The molecule has 1 saturated heterocycles. The Kier molecular flexibility index (Phi) is 2.93. The van der Waals surface area contributed by atoms with Crippen LogP contribution in [0.5, 0.6) is 5.75 Å². The topological polar surface area (TPSA) is 31.4 Å². The molecule has 15 heavy (non-hydrogen) atoms. The summed E-state index contributed by atoms with van der Waals surface area (Å²) in [5.74, 6) is 0.0388. The van der Waals surface area contributed by atoms with Crippen LogP contribution in [0.3, 0.4) is 0 Å². The molecule has 0 aromatic carbocycles. The standard InChI is InChI=1S/C10H11BrFNO2/c1-10(4-14-5-10)6-15-7-2-8(11)9(12)13-3-7/h2-3H,4-6H2,1H3. The third-order valence-electron chi connectivity index (χ3n) is 2.26. The lowest BCUT2D eigenvalue weighted by atomic mass is 9.90. The summed E-state index contributed by atoms with van der Waals surface area (Å²) in [7, 11) is 0. The highest BCUT2D eigenvalue weighted by Crippen LogP contribution is 2.28. The summed E-state index contributed by atoms with van der Waals surface area (Å²) < 4.78 is 23.7. The Morgan fingerprint density at radius 2 is 2.40 bits per heavy atom. The van der Waals surface area contributed by atoms with E-state index >= 15 is 0 Å². The second kappa shape index (κ2) is 4.06. The maximum atomic E-state index is 12.8. The van der Waals surface area contributed by atoms with Crippen LogP contribution in [0.2, 0.25) is 0 Å². The fraction of sp³-hybridized carbons (Fsp3) is 0.500. The normalized spacial score (nSPS) is 18.3. The van der Waals surface area contributed by atoms with Crippen LogP contribution in [0.15, 0.2) is 16.7 Å². The molecule has 0 N–H and O–H groups in total. The molecule has 0 saturated carbocycles. The second-order valence-electron chi connectivity index (χ2n) is 4.04. The van der Waals surface area contributed by atoms with Gasteiger partial charge in [-0.05, 0) is 15.9 Å². The highest BCUT2D eigenvalue weighted by molar-refractivity contribution is 9.10. The van der Waals surface area contributed by atoms with E-state index in [1.165, 1.54) is 6.20 Å². The van der Waals surface area contributed by atoms with E-state index in [0.717, 1.165) is 0 Å². The van der Waals surface area contributed by atoms with Gasteiger partial charge in [-0.15, -0.1) is 0 Å². The molecule has 0 amide bonds. The largest absolute Gasteiger partial charge is 0.491 e. The number of aromatic nitrogens is 1. The predicted molar refractivity (Wildman–Crippen MR) is 56.3 cm³/mol. The Balaban J connectivity index is 1.96. The van der Waals surface area contributed by atoms with Crippen molar-refractivity contribution >= 4 is 15.9 Å². The third-order valence-corrected chi connectivity index (χ3v) is 2.82. The summed E-state index contributed by atoms with van der Waals surface area (Å²) in [6.45, 7) is 4.07. The van der Waals surface area contributed by atoms with Gasteiger partial charge in [-0.2, -0.15) is 4.39 Å². The van der Waals surface area contributed by atoms with Crippen LogP contribution in [0.4, 0.5) is 4.39 Å². The first-order chi connectivity index (χ1) is 7.09. The SMILES string of the molecule is CC1(COc2cnc(F)c(Br)c2)COC1. The summed E-state index contributed by atoms with van der Waals surface area (Å²) in [5, 5.41) is 0. The molecule has 2 heterocycles. The molecule has 1 fully saturated rings. The van der Waals surface area contributed by atoms with Gasteiger partial charge in [0.1, 0.15) is 5.75 Å². The molecule has 0 atom stereocenters. The molecule has 0 aliphatic carbocycles. The third kappa shape index (κ3) is 2.46. The molecule has 0 unspecified atom stereocenters. The molecular weight excluding hydrogens is 265 g/mol. The van der Waals surface area contributed by atoms with E-state index in [0.29, 0.717) is 30.0 Å². The Morgan fingerprint density at radius 1 is 1.67 bits per heavy atom. The molecule has 2 rings (SSSR count). The lowest BCUT2D eigenvalue weighted by molar-refractivity contribution is -0.120. The summed E-state index contributed by atoms with van der Waals surface area (Å²) in [6.07, 6.45) is 1.38. The Morgan fingerprint density at radius 3 is 2.93 bits per heavy atom. The number of hydrogen-bond donors (Lipinski definition) is 0. The van der Waals surface area contributed by atoms with Crippen LogP contribution >= 0.6 is 15.9 Å². The molecule has 1 aliphatic heterocycles. The summed E-state index contributed by atoms with van der Waals surface area (Å²) in [4.78, 5) is 3.55. The molecule has 1 aromatic rings. The van der Waals surface area contributed by atoms with Crippen molar-refractivity contribution in [2.75, 3.05) is 19.8 Å². The van der Waals surface area contributed by atoms with Gasteiger partial charge in [-0.3, -0.25) is 0 Å². The van der Waals surface area contributed by atoms with Crippen molar-refractivity contribution < 1.29 is 13.9 Å². The van der Waals surface area contributed by atoms with Gasteiger partial charge in [0.15, 0.2) is 0 Å². The quantitative estimate of drug-likeness (QED) is 0.794. The second-order valence-corrected chi connectivity index (χ2v) is 4.89. The van der Waals surface area contributed by atoms with Crippen molar-refractivity contribution in [2.24, 2.45) is 5.41 Å². The summed E-state index contributed by atoms with van der Waals surface area (Å²) >= 11 is 3.06. The summed E-state index contributed by atoms with van der Waals surface area (Å²) in [5.41, 5.74) is 0.0842. The zero-order chi connectivity index (χ0) is 10.9. The molecule has 3 nitrogen and oxygen atoms in total. The Labute approximate surface area is 95.7 Å². The van der Waals surface area contributed by atoms with E-state index < -0.39 is 5.95 Å². The molecule has 1 aliphatic rings. The van der Waals surface area contributed by atoms with Crippen molar-refractivity contribution in [3.63, 3.8) is 0 Å². The highest BCUT2D eigenvalue weighted by atomic mass is 79.9. The average molecular weight is 276 g/mol. The van der Waals surface area contributed by atoms with E-state index in [9.17, 15) is 4.39 Å². The van der Waals surface area contributed by atoms with Crippen molar-refractivity contribution in [1.29, 1.82) is 0 Å². The Hall–Kier alpha value is -0.680. The number of pyridine rings is 1. The van der Waals surface area contributed by atoms with Gasteiger partial charge in [-0.1, -0.05) is 6.92 Å². The van der Waals surface area contributed by atoms with Gasteiger partial charge < -0.3 is 9.47 Å². The number of halogens is 2. The van der Waals surface area contributed by atoms with Crippen LogP contribution in [-0.2, 0) is 4.74 Å². The van der Waals surface area contributed by atoms with Gasteiger partial charge in [0.05, 0.1) is 30.5 Å². The van der Waals surface area contributed by atoms with Crippen LogP contribution in [0.25, 0.3) is 0 Å². The summed E-state index contributed by atoms with van der Waals surface area (Å²) in [6, 6.07) is 1.57. The minimum Gasteiger partial charge on any atom is -0.491 e. The van der Waals surface area contributed by atoms with Gasteiger partial charge >= 0.3 is 0 Å². The number of hydrogen-bond acceptors (Lipinski definition) is 3. The first-order valence-corrected chi connectivity index (χ1v) is 5.40. The maximum Gasteiger partial charge on any atom is 0.227 e. The van der Waals surface area contributed by atoms with Gasteiger partial charge in [0.2, 0.25) is 5.95 Å². The van der Waals surface area contributed by atoms with Gasteiger partial charge in [-0.25, -0.2) is 4.98 Å². The molecular formula is C10H11BrFNO2. The van der Waals surface area contributed by atoms with Crippen LogP contribution in [-0.4, -0.2) is 24.8 Å². The molecule has 5 heteroatoms. The lowest BCUT2D eigenvalue weighted by Gasteiger charge is -2.37. The van der Waals surface area contributed by atoms with Crippen molar-refractivity contribution in [1.82, 2.24) is 4.98 Å². The smallest absolute Gasteiger partial charge is 0.227 e. The first-order valence-electron chi connectivity index (χ1n) is 4.61. The minimum absolute atomic E-state index is 0.0842. The van der Waals surface area contributed by atoms with Crippen molar-refractivity contribution in [3.8, 4) is 5.75 Å². The van der Waals surface area contributed by atoms with Crippen molar-refractivity contribution in [3.05, 3.63) is 22.7 Å². The van der Waals surface area contributed by atoms with E-state index in [4.69, 9.17) is 9.47 Å². The minimum atomic E-state index is -0.527. The van der Waals surface area contributed by atoms with Crippen LogP contribution < -0.4 is 4.74 Å². The maximum absolute atomic E-state index is 12.8. The van der Waals surface area contributed by atoms with Crippen LogP contribution in [0.1, 0.15) is 6.92 Å². The van der Waals surface area contributed by atoms with E-state index in [2.05, 4.69) is 27.8 Å². The van der Waals surface area contributed by atoms with E-state index in [-0.39, 0.29) is 5.41 Å². The fourth-order valence-corrected chi connectivity index (χ4v) is 1.60. The molecule has 0 spiro atoms. The average Bonchev–Trinajstić information content (AvgIpc) is 2.17. The molecule has 1 aromatic heterocycles. The lowest BCUT2D eigenvalue weighted by Crippen LogP contribution is -2.44. The monoisotopic (exact) mass is 275 g/mol. The molecule has 0 bridgehead atoms. The predicted octanol–water partition coefficient (Wildman–Crippen LogP) is 2.40. The number of nitrogens with zero attached hydrogens (tertiary/aromatic N) is 1. The van der Waals surface area contributed by atoms with E-state index in [1.807, 2.05) is 0 Å². The van der Waals surface area contributed by atoms with Crippen molar-refractivity contribution in [2.45, 2.75) is 6.92 Å². The van der Waals surface area contributed by atoms with E-state index in [1.54, 1.807) is 6.07 Å². The van der Waals surface area contributed by atoms with Gasteiger partial charge in [0.25, 0.3) is 0 Å². The highest BCUT2D eigenvalue weighted by Gasteiger charge is 2.34. The molecule has 0 radical (unpaired) electrons. The number of ether oxygens (including phenoxy) is 2. The van der Waals surface area contributed by atoms with Gasteiger partial charge in [0, 0.05) is 11.5 Å². The zero-order valence-corrected chi connectivity index (χ0v) is 9.88. The number of rotatable bonds is 3. The molecule has 82 valence electrons. The fourth-order valence-electron chi connectivity index (χ4n) is 1.27. The zero-order valence-electron chi connectivity index (χ0n) is 8.30. The first kappa shape index (κ1) is 10.8. The Bertz CT molecular complexity index is 368.